The van der Waals surface area contributed by atoms with Gasteiger partial charge in [-0.25, -0.2) is 0 Å². The third kappa shape index (κ3) is 4.69. The number of fused-ring (bicyclic) bond motifs is 9. The number of rotatable bonds is 5. The standard InChI is InChI=1S/C54H41NO/c1-53(2)47-21-10-6-16-41(47)45-32-35(26-31-48(45)53)38-14-7-11-22-50(38)55(37-29-30-42-40-15-5-9-20-46(40)54(3,4)49(42)33-37)36-27-24-34(25-28-36)39-18-13-19-44-43-17-8-12-23-51(43)56-52(39)44/h5-33H,1-4H3. The van der Waals surface area contributed by atoms with Crippen molar-refractivity contribution in [2.45, 2.75) is 38.5 Å². The number of hydrogen-bond donors (Lipinski definition) is 0. The van der Waals surface area contributed by atoms with Crippen molar-refractivity contribution in [2.24, 2.45) is 0 Å². The van der Waals surface area contributed by atoms with E-state index < -0.39 is 0 Å². The van der Waals surface area contributed by atoms with Gasteiger partial charge in [-0.3, -0.25) is 0 Å². The van der Waals surface area contributed by atoms with E-state index in [0.717, 1.165) is 50.1 Å². The lowest BCUT2D eigenvalue weighted by Gasteiger charge is -2.30. The molecule has 0 spiro atoms. The van der Waals surface area contributed by atoms with E-state index in [-0.39, 0.29) is 10.8 Å². The van der Waals surface area contributed by atoms with Crippen LogP contribution in [0.3, 0.4) is 0 Å². The smallest absolute Gasteiger partial charge is 0.143 e. The number of anilines is 3. The summed E-state index contributed by atoms with van der Waals surface area (Å²) in [5.74, 6) is 0. The Balaban J connectivity index is 1.09. The topological polar surface area (TPSA) is 16.4 Å². The molecule has 2 aliphatic rings. The summed E-state index contributed by atoms with van der Waals surface area (Å²) in [4.78, 5) is 2.45. The second-order valence-electron chi connectivity index (χ2n) is 16.5. The van der Waals surface area contributed by atoms with Crippen LogP contribution in [0.25, 0.3) is 66.4 Å². The predicted molar refractivity (Wildman–Crippen MR) is 234 cm³/mol. The van der Waals surface area contributed by atoms with Gasteiger partial charge >= 0.3 is 0 Å². The van der Waals surface area contributed by atoms with Crippen LogP contribution in [0.1, 0.15) is 49.9 Å². The lowest BCUT2D eigenvalue weighted by molar-refractivity contribution is 0.660. The molecule has 0 unspecified atom stereocenters. The summed E-state index contributed by atoms with van der Waals surface area (Å²) in [6.07, 6.45) is 0. The highest BCUT2D eigenvalue weighted by Gasteiger charge is 2.37. The Morgan fingerprint density at radius 2 is 0.929 bits per heavy atom. The first-order valence-electron chi connectivity index (χ1n) is 19.7. The quantitative estimate of drug-likeness (QED) is 0.176. The monoisotopic (exact) mass is 719 g/mol. The number of benzene rings is 8. The summed E-state index contributed by atoms with van der Waals surface area (Å²) in [6, 6.07) is 64.6. The van der Waals surface area contributed by atoms with Gasteiger partial charge in [0, 0.05) is 44.1 Å². The van der Waals surface area contributed by atoms with Gasteiger partial charge in [-0.2, -0.15) is 0 Å². The molecule has 0 radical (unpaired) electrons. The molecule has 2 aliphatic carbocycles. The van der Waals surface area contributed by atoms with E-state index in [1.54, 1.807) is 0 Å². The van der Waals surface area contributed by atoms with Crippen LogP contribution in [0.15, 0.2) is 180 Å². The third-order valence-corrected chi connectivity index (χ3v) is 12.7. The summed E-state index contributed by atoms with van der Waals surface area (Å²) < 4.78 is 6.46. The lowest BCUT2D eigenvalue weighted by Crippen LogP contribution is -2.17. The zero-order valence-corrected chi connectivity index (χ0v) is 32.1. The maximum absolute atomic E-state index is 6.46. The molecule has 0 saturated heterocycles. The Bertz CT molecular complexity index is 3030. The number of nitrogens with zero attached hydrogens (tertiary/aromatic N) is 1. The number of para-hydroxylation sites is 3. The molecule has 9 aromatic rings. The van der Waals surface area contributed by atoms with E-state index in [1.165, 1.54) is 55.6 Å². The molecule has 8 aromatic carbocycles. The van der Waals surface area contributed by atoms with Crippen molar-refractivity contribution in [3.63, 3.8) is 0 Å². The van der Waals surface area contributed by atoms with Crippen molar-refractivity contribution < 1.29 is 4.42 Å². The minimum absolute atomic E-state index is 0.0424. The molecule has 0 atom stereocenters. The Hall–Kier alpha value is -6.64. The molecule has 268 valence electrons. The lowest BCUT2D eigenvalue weighted by atomic mass is 9.82. The molecule has 0 N–H and O–H groups in total. The normalized spacial score (nSPS) is 14.4. The maximum Gasteiger partial charge on any atom is 0.143 e. The van der Waals surface area contributed by atoms with Gasteiger partial charge in [-0.15, -0.1) is 0 Å². The number of furan rings is 1. The van der Waals surface area contributed by atoms with Crippen molar-refractivity contribution in [1.82, 2.24) is 0 Å². The Kier molecular flexibility index (Phi) is 6.98. The molecule has 2 heteroatoms. The predicted octanol–water partition coefficient (Wildman–Crippen LogP) is 15.0. The maximum atomic E-state index is 6.46. The molecular formula is C54H41NO. The fraction of sp³-hybridized carbons (Fsp3) is 0.111. The third-order valence-electron chi connectivity index (χ3n) is 12.7. The summed E-state index contributed by atoms with van der Waals surface area (Å²) in [5.41, 5.74) is 20.5. The van der Waals surface area contributed by atoms with Gasteiger partial charge in [0.2, 0.25) is 0 Å². The van der Waals surface area contributed by atoms with Crippen molar-refractivity contribution in [1.29, 1.82) is 0 Å². The van der Waals surface area contributed by atoms with E-state index >= 15 is 0 Å². The van der Waals surface area contributed by atoms with E-state index in [4.69, 9.17) is 4.42 Å². The van der Waals surface area contributed by atoms with E-state index in [0.29, 0.717) is 0 Å². The molecule has 56 heavy (non-hydrogen) atoms. The van der Waals surface area contributed by atoms with Gasteiger partial charge in [-0.1, -0.05) is 161 Å². The van der Waals surface area contributed by atoms with Crippen molar-refractivity contribution in [3.05, 3.63) is 198 Å². The average Bonchev–Trinajstić information content (AvgIpc) is 3.81. The Morgan fingerprint density at radius 3 is 1.71 bits per heavy atom. The van der Waals surface area contributed by atoms with Crippen molar-refractivity contribution >= 4 is 39.0 Å². The highest BCUT2D eigenvalue weighted by atomic mass is 16.3. The van der Waals surface area contributed by atoms with Gasteiger partial charge in [0.1, 0.15) is 11.2 Å². The van der Waals surface area contributed by atoms with Gasteiger partial charge in [0.05, 0.1) is 5.69 Å². The second kappa shape index (κ2) is 11.9. The van der Waals surface area contributed by atoms with Gasteiger partial charge in [0.25, 0.3) is 0 Å². The van der Waals surface area contributed by atoms with Crippen LogP contribution >= 0.6 is 0 Å². The molecule has 0 amide bonds. The number of hydrogen-bond acceptors (Lipinski definition) is 2. The minimum atomic E-state index is -0.123. The van der Waals surface area contributed by atoms with Crippen LogP contribution < -0.4 is 4.90 Å². The van der Waals surface area contributed by atoms with Gasteiger partial charge < -0.3 is 9.32 Å². The van der Waals surface area contributed by atoms with Crippen LogP contribution in [0.2, 0.25) is 0 Å². The highest BCUT2D eigenvalue weighted by molar-refractivity contribution is 6.09. The summed E-state index contributed by atoms with van der Waals surface area (Å²) in [6.45, 7) is 9.41. The first-order valence-corrected chi connectivity index (χ1v) is 19.7. The molecule has 0 saturated carbocycles. The van der Waals surface area contributed by atoms with Crippen LogP contribution in [0.4, 0.5) is 17.1 Å². The SMILES string of the molecule is CC1(C)c2ccccc2-c2cc(-c3ccccc3N(c3ccc(-c4cccc5c4oc4ccccc45)cc3)c3ccc4c(c3)C(C)(C)c3ccccc3-4)ccc21. The van der Waals surface area contributed by atoms with Crippen LogP contribution in [-0.2, 0) is 10.8 Å². The zero-order valence-electron chi connectivity index (χ0n) is 32.1. The Labute approximate surface area is 328 Å². The average molecular weight is 720 g/mol. The summed E-state index contributed by atoms with van der Waals surface area (Å²) >= 11 is 0. The van der Waals surface area contributed by atoms with Crippen LogP contribution in [0, 0.1) is 0 Å². The first kappa shape index (κ1) is 32.8. The largest absolute Gasteiger partial charge is 0.455 e. The molecule has 2 nitrogen and oxygen atoms in total. The second-order valence-corrected chi connectivity index (χ2v) is 16.5. The van der Waals surface area contributed by atoms with Crippen LogP contribution in [-0.4, -0.2) is 0 Å². The molecule has 11 rings (SSSR count). The molecule has 0 aliphatic heterocycles. The van der Waals surface area contributed by atoms with Crippen molar-refractivity contribution in [2.75, 3.05) is 4.90 Å². The minimum Gasteiger partial charge on any atom is -0.455 e. The van der Waals surface area contributed by atoms with Gasteiger partial charge in [0.15, 0.2) is 0 Å². The highest BCUT2D eigenvalue weighted by Crippen LogP contribution is 2.53. The Morgan fingerprint density at radius 1 is 0.375 bits per heavy atom. The molecule has 0 fully saturated rings. The van der Waals surface area contributed by atoms with Gasteiger partial charge in [-0.05, 0) is 98.1 Å². The summed E-state index contributed by atoms with van der Waals surface area (Å²) in [7, 11) is 0. The molecule has 1 heterocycles. The molecular weight excluding hydrogens is 679 g/mol. The molecule has 1 aromatic heterocycles. The van der Waals surface area contributed by atoms with E-state index in [1.807, 2.05) is 6.07 Å². The first-order chi connectivity index (χ1) is 27.3. The summed E-state index contributed by atoms with van der Waals surface area (Å²) in [5, 5.41) is 2.28. The van der Waals surface area contributed by atoms with E-state index in [2.05, 4.69) is 202 Å². The van der Waals surface area contributed by atoms with E-state index in [9.17, 15) is 0 Å². The van der Waals surface area contributed by atoms with Crippen LogP contribution in [0.5, 0.6) is 0 Å². The fourth-order valence-corrected chi connectivity index (χ4v) is 9.82. The molecule has 0 bridgehead atoms. The fourth-order valence-electron chi connectivity index (χ4n) is 9.82. The zero-order chi connectivity index (χ0) is 37.8. The van der Waals surface area contributed by atoms with Crippen molar-refractivity contribution in [3.8, 4) is 44.5 Å².